The van der Waals surface area contributed by atoms with Crippen molar-refractivity contribution in [2.75, 3.05) is 0 Å². The molecule has 1 heterocycles. The van der Waals surface area contributed by atoms with Crippen molar-refractivity contribution in [3.8, 4) is 0 Å². The summed E-state index contributed by atoms with van der Waals surface area (Å²) < 4.78 is 13.9. The van der Waals surface area contributed by atoms with Gasteiger partial charge >= 0.3 is 7.60 Å². The number of fused-ring (bicyclic) bond motifs is 1. The number of carbonyl (C=O) groups excluding carboxylic acids is 1. The van der Waals surface area contributed by atoms with Crippen LogP contribution in [0.4, 0.5) is 0 Å². The van der Waals surface area contributed by atoms with Crippen molar-refractivity contribution in [3.63, 3.8) is 0 Å². The highest BCUT2D eigenvalue weighted by atomic mass is 31.2. The molecule has 0 unspecified atom stereocenters. The molecule has 0 spiro atoms. The van der Waals surface area contributed by atoms with Crippen molar-refractivity contribution < 1.29 is 19.1 Å². The van der Waals surface area contributed by atoms with E-state index in [2.05, 4.69) is 4.98 Å². The third-order valence-electron chi connectivity index (χ3n) is 5.08. The molecule has 1 aromatic heterocycles. The molecule has 8 heteroatoms. The van der Waals surface area contributed by atoms with Gasteiger partial charge in [-0.15, -0.1) is 0 Å². The number of nitrogens with two attached hydrogens (primary N) is 1. The van der Waals surface area contributed by atoms with Gasteiger partial charge in [0.25, 0.3) is 0 Å². The Morgan fingerprint density at radius 2 is 1.82 bits per heavy atom. The molecule has 3 rings (SSSR count). The molecule has 2 aromatic carbocycles. The van der Waals surface area contributed by atoms with Gasteiger partial charge in [-0.2, -0.15) is 0 Å². The summed E-state index contributed by atoms with van der Waals surface area (Å²) in [6.07, 6.45) is 1.22. The Bertz CT molecular complexity index is 1110. The summed E-state index contributed by atoms with van der Waals surface area (Å²) in [5, 5.41) is 0.105. The zero-order valence-electron chi connectivity index (χ0n) is 16.1. The number of primary amides is 1. The van der Waals surface area contributed by atoms with Crippen LogP contribution in [0.3, 0.4) is 0 Å². The molecule has 0 radical (unpaired) electrons. The van der Waals surface area contributed by atoms with E-state index >= 15 is 0 Å². The molecule has 28 heavy (non-hydrogen) atoms. The first-order valence-corrected chi connectivity index (χ1v) is 10.7. The molecule has 0 atom stereocenters. The molecule has 148 valence electrons. The number of aryl methyl sites for hydroxylation is 1. The van der Waals surface area contributed by atoms with Gasteiger partial charge in [-0.25, -0.2) is 4.98 Å². The average molecular weight is 401 g/mol. The lowest BCUT2D eigenvalue weighted by molar-refractivity contribution is 0.100. The Hall–Kier alpha value is -2.47. The van der Waals surface area contributed by atoms with Gasteiger partial charge < -0.3 is 20.1 Å². The molecule has 0 aliphatic heterocycles. The van der Waals surface area contributed by atoms with Crippen LogP contribution in [0, 0.1) is 6.92 Å². The first-order chi connectivity index (χ1) is 13.2. The third kappa shape index (κ3) is 3.61. The lowest BCUT2D eigenvalue weighted by Gasteiger charge is -2.19. The summed E-state index contributed by atoms with van der Waals surface area (Å²) in [6, 6.07) is 8.50. The topological polar surface area (TPSA) is 118 Å². The molecule has 1 amide bonds. The van der Waals surface area contributed by atoms with Crippen LogP contribution in [0.2, 0.25) is 0 Å². The van der Waals surface area contributed by atoms with E-state index in [-0.39, 0.29) is 5.30 Å². The van der Waals surface area contributed by atoms with Gasteiger partial charge in [-0.05, 0) is 60.7 Å². The molecular formula is C20H24N3O4P. The van der Waals surface area contributed by atoms with E-state index in [1.54, 1.807) is 18.2 Å². The zero-order valence-corrected chi connectivity index (χ0v) is 17.0. The third-order valence-corrected chi connectivity index (χ3v) is 6.12. The predicted octanol–water partition coefficient (Wildman–Crippen LogP) is 2.42. The fraction of sp³-hybridized carbons (Fsp3) is 0.300. The van der Waals surface area contributed by atoms with Crippen LogP contribution in [0.5, 0.6) is 0 Å². The predicted molar refractivity (Wildman–Crippen MR) is 109 cm³/mol. The van der Waals surface area contributed by atoms with E-state index in [9.17, 15) is 19.1 Å². The minimum atomic E-state index is -4.33. The molecule has 0 bridgehead atoms. The quantitative estimate of drug-likeness (QED) is 0.548. The normalized spacial score (nSPS) is 11.9. The SMILES string of the molecule is CCc1c(Cn2c(C)nc3cc(C(N)=O)ccc32)ccc(P(=O)(O)O)c1CC. The van der Waals surface area contributed by atoms with E-state index in [0.29, 0.717) is 36.0 Å². The molecule has 0 saturated heterocycles. The van der Waals surface area contributed by atoms with Crippen LogP contribution in [0.1, 0.15) is 46.7 Å². The van der Waals surface area contributed by atoms with Crippen molar-refractivity contribution in [1.29, 1.82) is 0 Å². The lowest BCUT2D eigenvalue weighted by Crippen LogP contribution is -2.16. The van der Waals surface area contributed by atoms with E-state index < -0.39 is 13.5 Å². The molecule has 3 aromatic rings. The maximum absolute atomic E-state index is 11.9. The van der Waals surface area contributed by atoms with E-state index in [1.165, 1.54) is 6.07 Å². The summed E-state index contributed by atoms with van der Waals surface area (Å²) in [6.45, 7) is 6.30. The van der Waals surface area contributed by atoms with Crippen LogP contribution >= 0.6 is 7.60 Å². The number of nitrogens with zero attached hydrogens (tertiary/aromatic N) is 2. The number of hydrogen-bond donors (Lipinski definition) is 3. The van der Waals surface area contributed by atoms with E-state index in [0.717, 1.165) is 22.5 Å². The molecule has 0 saturated carbocycles. The molecular weight excluding hydrogens is 377 g/mol. The highest BCUT2D eigenvalue weighted by Crippen LogP contribution is 2.36. The fourth-order valence-electron chi connectivity index (χ4n) is 3.76. The Balaban J connectivity index is 2.13. The summed E-state index contributed by atoms with van der Waals surface area (Å²) >= 11 is 0. The Morgan fingerprint density at radius 3 is 2.39 bits per heavy atom. The van der Waals surface area contributed by atoms with Crippen LogP contribution < -0.4 is 11.0 Å². The summed E-state index contributed by atoms with van der Waals surface area (Å²) in [5.74, 6) is 0.291. The maximum Gasteiger partial charge on any atom is 0.356 e. The molecule has 0 fully saturated rings. The van der Waals surface area contributed by atoms with Gasteiger partial charge in [0.2, 0.25) is 5.91 Å². The van der Waals surface area contributed by atoms with E-state index in [4.69, 9.17) is 5.73 Å². The number of amides is 1. The number of carbonyl (C=O) groups is 1. The summed E-state index contributed by atoms with van der Waals surface area (Å²) in [5.41, 5.74) is 10.00. The number of imidazole rings is 1. The molecule has 0 aliphatic rings. The zero-order chi connectivity index (χ0) is 20.6. The van der Waals surface area contributed by atoms with Gasteiger partial charge in [0.15, 0.2) is 0 Å². The Kier molecular flexibility index (Phi) is 5.44. The van der Waals surface area contributed by atoms with Crippen LogP contribution in [0.15, 0.2) is 30.3 Å². The minimum Gasteiger partial charge on any atom is -0.366 e. The van der Waals surface area contributed by atoms with E-state index in [1.807, 2.05) is 31.4 Å². The molecule has 0 aliphatic carbocycles. The first kappa shape index (κ1) is 20.3. The number of benzene rings is 2. The Morgan fingerprint density at radius 1 is 1.14 bits per heavy atom. The van der Waals surface area contributed by atoms with Crippen molar-refractivity contribution in [2.45, 2.75) is 40.2 Å². The number of aromatic nitrogens is 2. The standard InChI is InChI=1S/C20H24N3O4P/c1-4-15-14(7-9-19(16(15)5-2)28(25,26)27)11-23-12(3)22-17-10-13(20(21)24)6-8-18(17)23/h6-10H,4-5,11H2,1-3H3,(H2,21,24)(H2,25,26,27). The van der Waals surface area contributed by atoms with Crippen molar-refractivity contribution in [3.05, 3.63) is 58.4 Å². The van der Waals surface area contributed by atoms with Gasteiger partial charge in [-0.1, -0.05) is 19.9 Å². The summed E-state index contributed by atoms with van der Waals surface area (Å²) in [7, 11) is -4.33. The highest BCUT2D eigenvalue weighted by Gasteiger charge is 2.24. The monoisotopic (exact) mass is 401 g/mol. The highest BCUT2D eigenvalue weighted by molar-refractivity contribution is 7.60. The van der Waals surface area contributed by atoms with Crippen molar-refractivity contribution >= 4 is 29.8 Å². The minimum absolute atomic E-state index is 0.105. The second-order valence-electron chi connectivity index (χ2n) is 6.76. The second-order valence-corrected chi connectivity index (χ2v) is 8.33. The van der Waals surface area contributed by atoms with Crippen LogP contribution in [-0.2, 0) is 24.0 Å². The van der Waals surface area contributed by atoms with Crippen molar-refractivity contribution in [1.82, 2.24) is 9.55 Å². The first-order valence-electron chi connectivity index (χ1n) is 9.13. The summed E-state index contributed by atoms with van der Waals surface area (Å²) in [4.78, 5) is 35.3. The smallest absolute Gasteiger partial charge is 0.356 e. The average Bonchev–Trinajstić information content (AvgIpc) is 2.94. The van der Waals surface area contributed by atoms with Gasteiger partial charge in [0.05, 0.1) is 16.3 Å². The number of rotatable bonds is 6. The molecule has 4 N–H and O–H groups in total. The largest absolute Gasteiger partial charge is 0.366 e. The van der Waals surface area contributed by atoms with Gasteiger partial charge in [0.1, 0.15) is 5.82 Å². The fourth-order valence-corrected chi connectivity index (χ4v) is 4.67. The van der Waals surface area contributed by atoms with Gasteiger partial charge in [0, 0.05) is 12.1 Å². The number of hydrogen-bond acceptors (Lipinski definition) is 3. The van der Waals surface area contributed by atoms with Crippen molar-refractivity contribution in [2.24, 2.45) is 5.73 Å². The Labute approximate surface area is 163 Å². The van der Waals surface area contributed by atoms with Crippen LogP contribution in [0.25, 0.3) is 11.0 Å². The maximum atomic E-state index is 11.9. The van der Waals surface area contributed by atoms with Crippen LogP contribution in [-0.4, -0.2) is 25.2 Å². The van der Waals surface area contributed by atoms with Gasteiger partial charge in [-0.3, -0.25) is 9.36 Å². The molecule has 7 nitrogen and oxygen atoms in total. The second kappa shape index (κ2) is 7.51. The lowest BCUT2D eigenvalue weighted by atomic mass is 9.96.